The highest BCUT2D eigenvalue weighted by Gasteiger charge is 2.43. The van der Waals surface area contributed by atoms with Crippen LogP contribution >= 0.6 is 0 Å². The van der Waals surface area contributed by atoms with E-state index in [1.165, 1.54) is 6.08 Å². The lowest BCUT2D eigenvalue weighted by molar-refractivity contribution is -0.121. The van der Waals surface area contributed by atoms with Crippen molar-refractivity contribution < 1.29 is 14.4 Å². The van der Waals surface area contributed by atoms with Crippen molar-refractivity contribution in [2.75, 3.05) is 9.80 Å². The van der Waals surface area contributed by atoms with Crippen LogP contribution in [0.2, 0.25) is 0 Å². The first-order chi connectivity index (χ1) is 16.1. The van der Waals surface area contributed by atoms with Gasteiger partial charge in [0.25, 0.3) is 11.8 Å². The number of carbonyl (C=O) groups is 3. The van der Waals surface area contributed by atoms with Crippen LogP contribution in [0.3, 0.4) is 0 Å². The summed E-state index contributed by atoms with van der Waals surface area (Å²) in [6.07, 6.45) is 3.39. The van der Waals surface area contributed by atoms with Gasteiger partial charge in [-0.05, 0) is 54.6 Å². The number of para-hydroxylation sites is 3. The van der Waals surface area contributed by atoms with Gasteiger partial charge in [0.2, 0.25) is 0 Å². The molecular weight excluding hydrogens is 414 g/mol. The van der Waals surface area contributed by atoms with E-state index >= 15 is 0 Å². The van der Waals surface area contributed by atoms with Gasteiger partial charge in [0.1, 0.15) is 5.57 Å². The molecule has 0 unspecified atom stereocenters. The third kappa shape index (κ3) is 3.64. The van der Waals surface area contributed by atoms with Crippen LogP contribution in [-0.4, -0.2) is 22.4 Å². The van der Waals surface area contributed by atoms with Gasteiger partial charge in [0.15, 0.2) is 0 Å². The minimum atomic E-state index is -0.710. The van der Waals surface area contributed by atoms with Gasteiger partial charge in [-0.1, -0.05) is 54.6 Å². The van der Waals surface area contributed by atoms with Gasteiger partial charge in [0.05, 0.1) is 11.4 Å². The lowest BCUT2D eigenvalue weighted by Gasteiger charge is -2.33. The number of benzene rings is 3. The number of carbonyl (C=O) groups excluding carboxylic acids is 3. The van der Waals surface area contributed by atoms with E-state index in [1.807, 2.05) is 53.2 Å². The van der Waals surface area contributed by atoms with Crippen LogP contribution < -0.4 is 9.80 Å². The molecule has 1 saturated heterocycles. The standard InChI is InChI=1S/C27H19N3O3/c31-25-24(19-23-17-10-18-28(23)20-11-4-1-5-12-20)26(32)30(22-15-8-3-9-16-22)27(33)29(25)21-13-6-2-7-14-21/h1-19H. The SMILES string of the molecule is O=C1C(=Cc2cccn2-c2ccccc2)C(=O)N(c2ccccc2)C(=O)N1c1ccccc1. The first kappa shape index (κ1) is 20.2. The summed E-state index contributed by atoms with van der Waals surface area (Å²) in [5.41, 5.74) is 2.22. The minimum absolute atomic E-state index is 0.0989. The molecule has 4 aromatic rings. The maximum absolute atomic E-state index is 13.5. The van der Waals surface area contributed by atoms with Crippen LogP contribution in [0.4, 0.5) is 16.2 Å². The van der Waals surface area contributed by atoms with E-state index in [0.29, 0.717) is 17.1 Å². The Morgan fingerprint density at radius 1 is 0.515 bits per heavy atom. The summed E-state index contributed by atoms with van der Waals surface area (Å²) in [5.74, 6) is -1.33. The molecule has 2 heterocycles. The minimum Gasteiger partial charge on any atom is -0.317 e. The normalized spacial score (nSPS) is 14.1. The Kier molecular flexibility index (Phi) is 5.16. The summed E-state index contributed by atoms with van der Waals surface area (Å²) in [5, 5.41) is 0. The molecule has 33 heavy (non-hydrogen) atoms. The van der Waals surface area contributed by atoms with Crippen molar-refractivity contribution in [1.82, 2.24) is 4.57 Å². The number of rotatable bonds is 4. The molecule has 0 aliphatic carbocycles. The monoisotopic (exact) mass is 433 g/mol. The molecule has 0 saturated carbocycles. The number of nitrogens with zero attached hydrogens (tertiary/aromatic N) is 3. The van der Waals surface area contributed by atoms with Gasteiger partial charge in [-0.3, -0.25) is 9.59 Å². The number of aromatic nitrogens is 1. The summed E-state index contributed by atoms with van der Waals surface area (Å²) in [4.78, 5) is 42.4. The molecule has 0 radical (unpaired) electrons. The van der Waals surface area contributed by atoms with Crippen LogP contribution in [0.1, 0.15) is 5.69 Å². The van der Waals surface area contributed by atoms with Crippen molar-refractivity contribution in [3.63, 3.8) is 0 Å². The number of hydrogen-bond acceptors (Lipinski definition) is 3. The average molecular weight is 433 g/mol. The second-order valence-corrected chi connectivity index (χ2v) is 7.43. The third-order valence-corrected chi connectivity index (χ3v) is 5.39. The summed E-state index contributed by atoms with van der Waals surface area (Å²) in [7, 11) is 0. The molecule has 1 aliphatic rings. The Balaban J connectivity index is 1.65. The van der Waals surface area contributed by atoms with Crippen LogP contribution in [0, 0.1) is 0 Å². The smallest absolute Gasteiger partial charge is 0.317 e. The molecule has 6 nitrogen and oxygen atoms in total. The number of anilines is 2. The van der Waals surface area contributed by atoms with Gasteiger partial charge in [0, 0.05) is 17.6 Å². The van der Waals surface area contributed by atoms with Crippen molar-refractivity contribution in [2.24, 2.45) is 0 Å². The van der Waals surface area contributed by atoms with Crippen molar-refractivity contribution in [1.29, 1.82) is 0 Å². The zero-order valence-electron chi connectivity index (χ0n) is 17.5. The van der Waals surface area contributed by atoms with Crippen LogP contribution in [0.5, 0.6) is 0 Å². The molecule has 0 N–H and O–H groups in total. The van der Waals surface area contributed by atoms with Crippen molar-refractivity contribution in [2.45, 2.75) is 0 Å². The molecule has 1 aromatic heterocycles. The molecule has 4 amide bonds. The quantitative estimate of drug-likeness (QED) is 0.334. The number of hydrogen-bond donors (Lipinski definition) is 0. The Bertz CT molecular complexity index is 1300. The van der Waals surface area contributed by atoms with Gasteiger partial charge in [-0.15, -0.1) is 0 Å². The van der Waals surface area contributed by atoms with E-state index < -0.39 is 17.8 Å². The average Bonchev–Trinajstić information content (AvgIpc) is 3.32. The van der Waals surface area contributed by atoms with E-state index in [4.69, 9.17) is 0 Å². The van der Waals surface area contributed by atoms with E-state index in [9.17, 15) is 14.4 Å². The third-order valence-electron chi connectivity index (χ3n) is 5.39. The van der Waals surface area contributed by atoms with Crippen molar-refractivity contribution >= 4 is 35.3 Å². The van der Waals surface area contributed by atoms with Gasteiger partial charge >= 0.3 is 6.03 Å². The fraction of sp³-hybridized carbons (Fsp3) is 0. The largest absolute Gasteiger partial charge is 0.343 e. The Hall–Kier alpha value is -4.71. The second kappa shape index (κ2) is 8.43. The highest BCUT2D eigenvalue weighted by molar-refractivity contribution is 6.46. The summed E-state index contributed by atoms with van der Waals surface area (Å²) in [6, 6.07) is 29.8. The molecule has 0 spiro atoms. The molecule has 1 fully saturated rings. The molecule has 6 heteroatoms. The first-order valence-electron chi connectivity index (χ1n) is 10.4. The highest BCUT2D eigenvalue weighted by atomic mass is 16.2. The number of barbiturate groups is 1. The van der Waals surface area contributed by atoms with E-state index in [2.05, 4.69) is 0 Å². The highest BCUT2D eigenvalue weighted by Crippen LogP contribution is 2.29. The van der Waals surface area contributed by atoms with E-state index in [1.54, 1.807) is 60.7 Å². The van der Waals surface area contributed by atoms with E-state index in [0.717, 1.165) is 15.5 Å². The van der Waals surface area contributed by atoms with Crippen molar-refractivity contribution in [3.8, 4) is 5.69 Å². The molecule has 1 aliphatic heterocycles. The Morgan fingerprint density at radius 3 is 1.45 bits per heavy atom. The van der Waals surface area contributed by atoms with Gasteiger partial charge < -0.3 is 4.57 Å². The predicted octanol–water partition coefficient (Wildman–Crippen LogP) is 5.06. The van der Waals surface area contributed by atoms with Crippen LogP contribution in [0.25, 0.3) is 11.8 Å². The maximum Gasteiger partial charge on any atom is 0.343 e. The topological polar surface area (TPSA) is 62.6 Å². The molecular formula is C27H19N3O3. The van der Waals surface area contributed by atoms with Crippen LogP contribution in [0.15, 0.2) is 115 Å². The predicted molar refractivity (Wildman–Crippen MR) is 127 cm³/mol. The Labute approximate surface area is 190 Å². The van der Waals surface area contributed by atoms with Gasteiger partial charge in [-0.2, -0.15) is 0 Å². The lowest BCUT2D eigenvalue weighted by Crippen LogP contribution is -2.57. The molecule has 5 rings (SSSR count). The Morgan fingerprint density at radius 2 is 0.970 bits per heavy atom. The molecule has 3 aromatic carbocycles. The second-order valence-electron chi connectivity index (χ2n) is 7.43. The van der Waals surface area contributed by atoms with Gasteiger partial charge in [-0.25, -0.2) is 14.6 Å². The molecule has 0 bridgehead atoms. The number of urea groups is 1. The maximum atomic E-state index is 13.5. The molecule has 0 atom stereocenters. The lowest BCUT2D eigenvalue weighted by atomic mass is 10.1. The first-order valence-corrected chi connectivity index (χ1v) is 10.4. The fourth-order valence-electron chi connectivity index (χ4n) is 3.82. The van der Waals surface area contributed by atoms with Crippen LogP contribution in [-0.2, 0) is 9.59 Å². The van der Waals surface area contributed by atoms with Crippen molar-refractivity contribution in [3.05, 3.63) is 121 Å². The molecule has 160 valence electrons. The zero-order chi connectivity index (χ0) is 22.8. The zero-order valence-corrected chi connectivity index (χ0v) is 17.5. The number of imide groups is 2. The van der Waals surface area contributed by atoms with E-state index in [-0.39, 0.29) is 5.57 Å². The summed E-state index contributed by atoms with van der Waals surface area (Å²) >= 11 is 0. The summed E-state index contributed by atoms with van der Waals surface area (Å²) in [6.45, 7) is 0. The number of amides is 4. The fourth-order valence-corrected chi connectivity index (χ4v) is 3.82. The summed E-state index contributed by atoms with van der Waals surface area (Å²) < 4.78 is 1.88.